The van der Waals surface area contributed by atoms with Gasteiger partial charge in [0, 0.05) is 19.1 Å². The Kier molecular flexibility index (Phi) is 5.58. The molecule has 0 aliphatic carbocycles. The molecule has 104 valence electrons. The Hall–Kier alpha value is -1.16. The largest absolute Gasteiger partial charge is 0.371 e. The molecule has 1 aromatic carbocycles. The molecule has 1 fully saturated rings. The van der Waals surface area contributed by atoms with Crippen molar-refractivity contribution >= 4 is 0 Å². The lowest BCUT2D eigenvalue weighted by Crippen LogP contribution is -2.52. The van der Waals surface area contributed by atoms with Crippen molar-refractivity contribution in [3.05, 3.63) is 48.0 Å². The summed E-state index contributed by atoms with van der Waals surface area (Å²) in [6.07, 6.45) is 1.34. The van der Waals surface area contributed by atoms with Crippen molar-refractivity contribution in [1.29, 1.82) is 0 Å². The molecule has 0 aromatic heterocycles. The van der Waals surface area contributed by atoms with Gasteiger partial charge in [-0.15, -0.1) is 0 Å². The molecule has 1 aromatic rings. The molecule has 2 rings (SSSR count). The molecule has 0 amide bonds. The Morgan fingerprint density at radius 1 is 1.42 bits per heavy atom. The van der Waals surface area contributed by atoms with Crippen LogP contribution in [0.25, 0.3) is 0 Å². The maximum atomic E-state index is 5.92. The van der Waals surface area contributed by atoms with E-state index in [1.165, 1.54) is 5.56 Å². The SMILES string of the molecule is C=C(C)CO[C@@H]1CNCC[C@@H]1NCc1ccccc1. The summed E-state index contributed by atoms with van der Waals surface area (Å²) in [5.74, 6) is 0. The van der Waals surface area contributed by atoms with Gasteiger partial charge in [0.25, 0.3) is 0 Å². The van der Waals surface area contributed by atoms with Crippen LogP contribution in [0, 0.1) is 0 Å². The molecule has 1 heterocycles. The van der Waals surface area contributed by atoms with Crippen LogP contribution < -0.4 is 10.6 Å². The third-order valence-corrected chi connectivity index (χ3v) is 3.38. The van der Waals surface area contributed by atoms with Gasteiger partial charge in [-0.3, -0.25) is 0 Å². The highest BCUT2D eigenvalue weighted by molar-refractivity contribution is 5.14. The summed E-state index contributed by atoms with van der Waals surface area (Å²) in [4.78, 5) is 0. The molecule has 0 bridgehead atoms. The molecular formula is C16H24N2O. The summed E-state index contributed by atoms with van der Waals surface area (Å²) >= 11 is 0. The van der Waals surface area contributed by atoms with Crippen molar-refractivity contribution in [3.8, 4) is 0 Å². The van der Waals surface area contributed by atoms with E-state index in [0.29, 0.717) is 12.6 Å². The molecule has 2 atom stereocenters. The summed E-state index contributed by atoms with van der Waals surface area (Å²) in [6.45, 7) is 9.42. The molecule has 0 spiro atoms. The van der Waals surface area contributed by atoms with Crippen molar-refractivity contribution in [2.24, 2.45) is 0 Å². The van der Waals surface area contributed by atoms with Crippen LogP contribution in [0.3, 0.4) is 0 Å². The van der Waals surface area contributed by atoms with E-state index in [0.717, 1.165) is 31.6 Å². The predicted octanol–water partition coefficient (Wildman–Crippen LogP) is 2.10. The Bertz CT molecular complexity index is 391. The van der Waals surface area contributed by atoms with Gasteiger partial charge in [0.1, 0.15) is 0 Å². The van der Waals surface area contributed by atoms with E-state index in [4.69, 9.17) is 4.74 Å². The maximum Gasteiger partial charge on any atom is 0.0857 e. The number of hydrogen-bond acceptors (Lipinski definition) is 3. The topological polar surface area (TPSA) is 33.3 Å². The van der Waals surface area contributed by atoms with Crippen molar-refractivity contribution in [2.45, 2.75) is 32.0 Å². The van der Waals surface area contributed by atoms with E-state index in [1.807, 2.05) is 13.0 Å². The van der Waals surface area contributed by atoms with Gasteiger partial charge in [-0.05, 0) is 25.5 Å². The van der Waals surface area contributed by atoms with Crippen LogP contribution in [0.5, 0.6) is 0 Å². The van der Waals surface area contributed by atoms with E-state index in [1.54, 1.807) is 0 Å². The lowest BCUT2D eigenvalue weighted by molar-refractivity contribution is 0.0262. The van der Waals surface area contributed by atoms with Crippen LogP contribution >= 0.6 is 0 Å². The van der Waals surface area contributed by atoms with E-state index in [2.05, 4.69) is 41.5 Å². The Morgan fingerprint density at radius 2 is 2.21 bits per heavy atom. The van der Waals surface area contributed by atoms with Crippen LogP contribution in [0.4, 0.5) is 0 Å². The van der Waals surface area contributed by atoms with Crippen LogP contribution in [0.1, 0.15) is 18.9 Å². The second kappa shape index (κ2) is 7.43. The maximum absolute atomic E-state index is 5.92. The number of piperidine rings is 1. The van der Waals surface area contributed by atoms with Crippen molar-refractivity contribution in [2.75, 3.05) is 19.7 Å². The van der Waals surface area contributed by atoms with Gasteiger partial charge in [0.05, 0.1) is 12.7 Å². The standard InChI is InChI=1S/C16H24N2O/c1-13(2)12-19-16-11-17-9-8-15(16)18-10-14-6-4-3-5-7-14/h3-7,15-18H,1,8-12H2,2H3/t15-,16+/m0/s1. The molecule has 3 heteroatoms. The summed E-state index contributed by atoms with van der Waals surface area (Å²) in [5.41, 5.74) is 2.40. The first-order chi connectivity index (χ1) is 9.25. The number of nitrogens with one attached hydrogen (secondary N) is 2. The number of ether oxygens (including phenoxy) is 1. The average Bonchev–Trinajstić information content (AvgIpc) is 2.45. The summed E-state index contributed by atoms with van der Waals surface area (Å²) < 4.78 is 5.92. The van der Waals surface area contributed by atoms with Gasteiger partial charge < -0.3 is 15.4 Å². The van der Waals surface area contributed by atoms with E-state index >= 15 is 0 Å². The zero-order chi connectivity index (χ0) is 13.5. The van der Waals surface area contributed by atoms with E-state index in [-0.39, 0.29) is 6.10 Å². The molecule has 19 heavy (non-hydrogen) atoms. The molecule has 3 nitrogen and oxygen atoms in total. The molecule has 1 aliphatic heterocycles. The van der Waals surface area contributed by atoms with Crippen LogP contribution in [0.2, 0.25) is 0 Å². The summed E-state index contributed by atoms with van der Waals surface area (Å²) in [5, 5.41) is 7.01. The normalized spacial score (nSPS) is 23.2. The van der Waals surface area contributed by atoms with Crippen molar-refractivity contribution in [1.82, 2.24) is 10.6 Å². The number of rotatable bonds is 6. The third kappa shape index (κ3) is 4.78. The Balaban J connectivity index is 1.83. The monoisotopic (exact) mass is 260 g/mol. The molecule has 1 aliphatic rings. The van der Waals surface area contributed by atoms with Crippen molar-refractivity contribution < 1.29 is 4.74 Å². The highest BCUT2D eigenvalue weighted by Gasteiger charge is 2.24. The number of benzene rings is 1. The first-order valence-corrected chi connectivity index (χ1v) is 6.99. The highest BCUT2D eigenvalue weighted by Crippen LogP contribution is 2.10. The molecule has 0 unspecified atom stereocenters. The van der Waals surface area contributed by atoms with Gasteiger partial charge in [-0.2, -0.15) is 0 Å². The molecule has 2 N–H and O–H groups in total. The summed E-state index contributed by atoms with van der Waals surface area (Å²) in [6, 6.07) is 10.9. The fraction of sp³-hybridized carbons (Fsp3) is 0.500. The summed E-state index contributed by atoms with van der Waals surface area (Å²) in [7, 11) is 0. The predicted molar refractivity (Wildman–Crippen MR) is 79.1 cm³/mol. The fourth-order valence-corrected chi connectivity index (χ4v) is 2.33. The van der Waals surface area contributed by atoms with Gasteiger partial charge >= 0.3 is 0 Å². The second-order valence-electron chi connectivity index (χ2n) is 5.27. The fourth-order valence-electron chi connectivity index (χ4n) is 2.33. The van der Waals surface area contributed by atoms with Crippen LogP contribution in [0.15, 0.2) is 42.5 Å². The van der Waals surface area contributed by atoms with Gasteiger partial charge in [-0.1, -0.05) is 42.5 Å². The van der Waals surface area contributed by atoms with E-state index in [9.17, 15) is 0 Å². The molecular weight excluding hydrogens is 236 g/mol. The van der Waals surface area contributed by atoms with Crippen LogP contribution in [-0.2, 0) is 11.3 Å². The Morgan fingerprint density at radius 3 is 2.95 bits per heavy atom. The minimum absolute atomic E-state index is 0.231. The first kappa shape index (κ1) is 14.3. The second-order valence-corrected chi connectivity index (χ2v) is 5.27. The Labute approximate surface area is 116 Å². The van der Waals surface area contributed by atoms with E-state index < -0.39 is 0 Å². The molecule has 1 saturated heterocycles. The highest BCUT2D eigenvalue weighted by atomic mass is 16.5. The van der Waals surface area contributed by atoms with Gasteiger partial charge in [0.2, 0.25) is 0 Å². The van der Waals surface area contributed by atoms with Gasteiger partial charge in [0.15, 0.2) is 0 Å². The lowest BCUT2D eigenvalue weighted by atomic mass is 10.0. The average molecular weight is 260 g/mol. The van der Waals surface area contributed by atoms with Crippen molar-refractivity contribution in [3.63, 3.8) is 0 Å². The number of hydrogen-bond donors (Lipinski definition) is 2. The minimum atomic E-state index is 0.231. The first-order valence-electron chi connectivity index (χ1n) is 6.99. The lowest BCUT2D eigenvalue weighted by Gasteiger charge is -2.33. The molecule has 0 saturated carbocycles. The minimum Gasteiger partial charge on any atom is -0.371 e. The van der Waals surface area contributed by atoms with Gasteiger partial charge in [-0.25, -0.2) is 0 Å². The van der Waals surface area contributed by atoms with Crippen LogP contribution in [-0.4, -0.2) is 31.8 Å². The third-order valence-electron chi connectivity index (χ3n) is 3.38. The zero-order valence-electron chi connectivity index (χ0n) is 11.7. The smallest absolute Gasteiger partial charge is 0.0857 e. The zero-order valence-corrected chi connectivity index (χ0v) is 11.7. The molecule has 0 radical (unpaired) electrons. The quantitative estimate of drug-likeness (QED) is 0.769.